The zero-order valence-corrected chi connectivity index (χ0v) is 19.7. The molecule has 0 fully saturated rings. The monoisotopic (exact) mass is 578 g/mol. The van der Waals surface area contributed by atoms with Crippen LogP contribution in [0.1, 0.15) is 10.6 Å². The summed E-state index contributed by atoms with van der Waals surface area (Å²) in [6.07, 6.45) is 0. The van der Waals surface area contributed by atoms with Crippen LogP contribution in [0.25, 0.3) is 0 Å². The fourth-order valence-electron chi connectivity index (χ4n) is 2.87. The highest BCUT2D eigenvalue weighted by Crippen LogP contribution is 2.51. The summed E-state index contributed by atoms with van der Waals surface area (Å²) in [4.78, 5) is 16.0. The third-order valence-corrected chi connectivity index (χ3v) is 8.76. The van der Waals surface area contributed by atoms with Gasteiger partial charge in [0.2, 0.25) is 5.76 Å². The van der Waals surface area contributed by atoms with E-state index in [9.17, 15) is 4.79 Å². The second kappa shape index (κ2) is 9.19. The van der Waals surface area contributed by atoms with Crippen molar-refractivity contribution in [3.63, 3.8) is 0 Å². The first-order valence-corrected chi connectivity index (χ1v) is 12.0. The van der Waals surface area contributed by atoms with E-state index in [1.165, 1.54) is 14.7 Å². The van der Waals surface area contributed by atoms with Crippen molar-refractivity contribution in [1.29, 1.82) is 0 Å². The van der Waals surface area contributed by atoms with Gasteiger partial charge in [-0.1, -0.05) is 36.4 Å². The standard InChI is InChI=1S/C23H16BrIO3S/c24-20-15-21(28-22(20)25)23(26)27-16-11-13-19(14-12-16)29(17-7-3-1-4-8-17)18-9-5-2-6-10-18/h1-15,29H. The van der Waals surface area contributed by atoms with Gasteiger partial charge in [0.05, 0.1) is 4.47 Å². The molecule has 1 aromatic heterocycles. The summed E-state index contributed by atoms with van der Waals surface area (Å²) in [5.41, 5.74) is 0. The average molecular weight is 579 g/mol. The number of hydrogen-bond acceptors (Lipinski definition) is 3. The SMILES string of the molecule is O=C(Oc1ccc([SH](c2ccccc2)c2ccccc2)cc1)c1cc(Br)c(I)o1. The minimum absolute atomic E-state index is 0.168. The summed E-state index contributed by atoms with van der Waals surface area (Å²) in [5.74, 6) is 0.133. The summed E-state index contributed by atoms with van der Waals surface area (Å²) >= 11 is 5.35. The molecule has 0 aliphatic rings. The Morgan fingerprint density at radius 1 is 0.828 bits per heavy atom. The maximum absolute atomic E-state index is 12.3. The highest BCUT2D eigenvalue weighted by atomic mass is 127. The van der Waals surface area contributed by atoms with Gasteiger partial charge in [0.15, 0.2) is 3.77 Å². The van der Waals surface area contributed by atoms with E-state index >= 15 is 0 Å². The van der Waals surface area contributed by atoms with E-state index in [2.05, 4.69) is 64.5 Å². The van der Waals surface area contributed by atoms with Crippen LogP contribution in [0.4, 0.5) is 0 Å². The van der Waals surface area contributed by atoms with Crippen molar-refractivity contribution in [3.8, 4) is 5.75 Å². The van der Waals surface area contributed by atoms with Crippen LogP contribution in [0.15, 0.2) is 115 Å². The van der Waals surface area contributed by atoms with Crippen molar-refractivity contribution < 1.29 is 13.9 Å². The van der Waals surface area contributed by atoms with Crippen molar-refractivity contribution in [3.05, 3.63) is 105 Å². The summed E-state index contributed by atoms with van der Waals surface area (Å²) in [7, 11) is -0.690. The first kappa shape index (κ1) is 20.3. The quantitative estimate of drug-likeness (QED) is 0.116. The van der Waals surface area contributed by atoms with Crippen LogP contribution < -0.4 is 4.74 Å². The Morgan fingerprint density at radius 3 is 1.83 bits per heavy atom. The lowest BCUT2D eigenvalue weighted by Gasteiger charge is -2.23. The van der Waals surface area contributed by atoms with Gasteiger partial charge in [-0.25, -0.2) is 4.79 Å². The van der Waals surface area contributed by atoms with Crippen LogP contribution in [0.3, 0.4) is 0 Å². The van der Waals surface area contributed by atoms with Gasteiger partial charge in [0.1, 0.15) is 5.75 Å². The van der Waals surface area contributed by atoms with Crippen molar-refractivity contribution >= 4 is 55.4 Å². The zero-order chi connectivity index (χ0) is 20.2. The third-order valence-electron chi connectivity index (χ3n) is 4.18. The van der Waals surface area contributed by atoms with Crippen molar-refractivity contribution in [2.45, 2.75) is 14.7 Å². The minimum atomic E-state index is -0.690. The average Bonchev–Trinajstić information content (AvgIpc) is 3.10. The minimum Gasteiger partial charge on any atom is -0.442 e. The first-order valence-electron chi connectivity index (χ1n) is 8.79. The molecule has 4 aromatic rings. The van der Waals surface area contributed by atoms with Gasteiger partial charge in [-0.3, -0.25) is 0 Å². The summed E-state index contributed by atoms with van der Waals surface area (Å²) < 4.78 is 12.2. The Morgan fingerprint density at radius 2 is 1.34 bits per heavy atom. The van der Waals surface area contributed by atoms with Crippen molar-refractivity contribution in [1.82, 2.24) is 0 Å². The molecule has 4 rings (SSSR count). The van der Waals surface area contributed by atoms with E-state index in [0.29, 0.717) is 9.52 Å². The third kappa shape index (κ3) is 4.76. The number of ether oxygens (including phenoxy) is 1. The Balaban J connectivity index is 1.60. The fraction of sp³-hybridized carbons (Fsp3) is 0. The Hall–Kier alpha value is -2.03. The van der Waals surface area contributed by atoms with E-state index in [-0.39, 0.29) is 5.76 Å². The van der Waals surface area contributed by atoms with Crippen molar-refractivity contribution in [2.75, 3.05) is 0 Å². The van der Waals surface area contributed by atoms with Gasteiger partial charge in [-0.15, -0.1) is 0 Å². The molecule has 0 aliphatic carbocycles. The zero-order valence-electron chi connectivity index (χ0n) is 15.1. The second-order valence-corrected chi connectivity index (χ2v) is 10.2. The van der Waals surface area contributed by atoms with E-state index in [0.717, 1.165) is 4.47 Å². The predicted octanol–water partition coefficient (Wildman–Crippen LogP) is 7.34. The van der Waals surface area contributed by atoms with Crippen LogP contribution >= 0.6 is 49.4 Å². The highest BCUT2D eigenvalue weighted by molar-refractivity contribution is 14.1. The number of carbonyl (C=O) groups is 1. The number of furan rings is 1. The molecule has 0 saturated heterocycles. The molecule has 0 saturated carbocycles. The molecule has 0 unspecified atom stereocenters. The lowest BCUT2D eigenvalue weighted by Crippen LogP contribution is -2.07. The van der Waals surface area contributed by atoms with Gasteiger partial charge in [0.25, 0.3) is 0 Å². The number of hydrogen-bond donors (Lipinski definition) is 1. The normalized spacial score (nSPS) is 11.2. The molecule has 6 heteroatoms. The fourth-order valence-corrected chi connectivity index (χ4v) is 5.83. The lowest BCUT2D eigenvalue weighted by molar-refractivity contribution is 0.0699. The molecular weight excluding hydrogens is 563 g/mol. The summed E-state index contributed by atoms with van der Waals surface area (Å²) in [6, 6.07) is 30.2. The van der Waals surface area contributed by atoms with Crippen LogP contribution in [-0.2, 0) is 0 Å². The number of esters is 1. The molecule has 1 heterocycles. The van der Waals surface area contributed by atoms with E-state index < -0.39 is 16.9 Å². The number of rotatable bonds is 5. The van der Waals surface area contributed by atoms with Gasteiger partial charge >= 0.3 is 5.97 Å². The molecule has 0 amide bonds. The topological polar surface area (TPSA) is 39.4 Å². The molecule has 0 aliphatic heterocycles. The molecule has 0 atom stereocenters. The lowest BCUT2D eigenvalue weighted by atomic mass is 10.3. The molecule has 0 spiro atoms. The van der Waals surface area contributed by atoms with Gasteiger partial charge in [0, 0.05) is 28.7 Å². The largest absolute Gasteiger partial charge is 0.442 e. The smallest absolute Gasteiger partial charge is 0.379 e. The van der Waals surface area contributed by atoms with E-state index in [1.54, 1.807) is 6.07 Å². The first-order chi connectivity index (χ1) is 14.1. The molecule has 3 nitrogen and oxygen atoms in total. The molecule has 3 aromatic carbocycles. The molecule has 0 radical (unpaired) electrons. The molecular formula is C23H16BrIO3S. The Bertz CT molecular complexity index is 1050. The van der Waals surface area contributed by atoms with Gasteiger partial charge in [-0.05, 0) is 79.1 Å². The van der Waals surface area contributed by atoms with Crippen molar-refractivity contribution in [2.24, 2.45) is 0 Å². The molecule has 146 valence electrons. The van der Waals surface area contributed by atoms with Crippen LogP contribution in [0, 0.1) is 3.77 Å². The van der Waals surface area contributed by atoms with Gasteiger partial charge in [-0.2, -0.15) is 10.9 Å². The number of benzene rings is 3. The number of thiol groups is 1. The highest BCUT2D eigenvalue weighted by Gasteiger charge is 2.17. The van der Waals surface area contributed by atoms with Crippen LogP contribution in [0.5, 0.6) is 5.75 Å². The number of halogens is 2. The van der Waals surface area contributed by atoms with E-state index in [4.69, 9.17) is 9.15 Å². The molecule has 0 N–H and O–H groups in total. The van der Waals surface area contributed by atoms with Crippen LogP contribution in [0.2, 0.25) is 0 Å². The van der Waals surface area contributed by atoms with Gasteiger partial charge < -0.3 is 9.15 Å². The maximum Gasteiger partial charge on any atom is 0.379 e. The Kier molecular flexibility index (Phi) is 6.42. The molecule has 0 bridgehead atoms. The number of carbonyl (C=O) groups excluding carboxylic acids is 1. The van der Waals surface area contributed by atoms with E-state index in [1.807, 2.05) is 59.0 Å². The maximum atomic E-state index is 12.3. The second-order valence-electron chi connectivity index (χ2n) is 6.12. The molecule has 29 heavy (non-hydrogen) atoms. The predicted molar refractivity (Wildman–Crippen MR) is 127 cm³/mol. The summed E-state index contributed by atoms with van der Waals surface area (Å²) in [5, 5.41) is 0. The summed E-state index contributed by atoms with van der Waals surface area (Å²) in [6.45, 7) is 0. The Labute approximate surface area is 193 Å². The van der Waals surface area contributed by atoms with Crippen LogP contribution in [-0.4, -0.2) is 5.97 Å².